The zero-order valence-corrected chi connectivity index (χ0v) is 17.2. The smallest absolute Gasteiger partial charge is 0.322 e. The molecule has 0 unspecified atom stereocenters. The Bertz CT molecular complexity index is 1070. The molecule has 2 N–H and O–H groups in total. The molecule has 3 heterocycles. The SMILES string of the molecule is N#Cc1cc(NC(=O)N2CCc3nn4c(c3C2)C(F)(F)C[C@@H]([C@@H](O)S)CC4)ccc1F. The molecule has 2 amide bonds. The van der Waals surface area contributed by atoms with E-state index < -0.39 is 35.5 Å². The summed E-state index contributed by atoms with van der Waals surface area (Å²) in [6.45, 7) is 0.469. The average Bonchev–Trinajstić information content (AvgIpc) is 3.04. The Labute approximate surface area is 181 Å². The van der Waals surface area contributed by atoms with Crippen molar-refractivity contribution < 1.29 is 23.1 Å². The van der Waals surface area contributed by atoms with Crippen LogP contribution < -0.4 is 5.32 Å². The lowest BCUT2D eigenvalue weighted by Gasteiger charge is -2.29. The van der Waals surface area contributed by atoms with Crippen LogP contribution in [-0.4, -0.2) is 37.8 Å². The highest BCUT2D eigenvalue weighted by Gasteiger charge is 2.45. The summed E-state index contributed by atoms with van der Waals surface area (Å²) >= 11 is 3.92. The number of amides is 2. The molecule has 2 aliphatic rings. The van der Waals surface area contributed by atoms with Gasteiger partial charge in [-0.2, -0.15) is 19.1 Å². The number of anilines is 1. The number of thiol groups is 1. The number of carbonyl (C=O) groups is 1. The summed E-state index contributed by atoms with van der Waals surface area (Å²) in [5.41, 5.74) is -0.484. The number of nitrogens with zero attached hydrogens (tertiary/aromatic N) is 4. The number of hydrogen-bond acceptors (Lipinski definition) is 5. The lowest BCUT2D eigenvalue weighted by Crippen LogP contribution is -2.39. The molecule has 0 fully saturated rings. The third-order valence-electron chi connectivity index (χ3n) is 5.72. The molecule has 1 aromatic carbocycles. The second-order valence-electron chi connectivity index (χ2n) is 7.78. The van der Waals surface area contributed by atoms with Crippen molar-refractivity contribution in [3.63, 3.8) is 0 Å². The zero-order valence-electron chi connectivity index (χ0n) is 16.4. The van der Waals surface area contributed by atoms with E-state index in [-0.39, 0.29) is 36.6 Å². The van der Waals surface area contributed by atoms with E-state index in [1.54, 1.807) is 6.07 Å². The predicted molar refractivity (Wildman–Crippen MR) is 108 cm³/mol. The third-order valence-corrected chi connectivity index (χ3v) is 6.15. The molecule has 1 aromatic heterocycles. The maximum Gasteiger partial charge on any atom is 0.322 e. The van der Waals surface area contributed by atoms with Crippen molar-refractivity contribution in [1.82, 2.24) is 14.7 Å². The number of nitriles is 1. The van der Waals surface area contributed by atoms with Crippen molar-refractivity contribution in [2.75, 3.05) is 11.9 Å². The van der Waals surface area contributed by atoms with E-state index in [0.717, 1.165) is 6.07 Å². The number of aliphatic hydroxyl groups is 1. The van der Waals surface area contributed by atoms with Crippen LogP contribution >= 0.6 is 12.6 Å². The summed E-state index contributed by atoms with van der Waals surface area (Å²) in [6.07, 6.45) is 0.0998. The van der Waals surface area contributed by atoms with Gasteiger partial charge < -0.3 is 15.3 Å². The van der Waals surface area contributed by atoms with E-state index in [4.69, 9.17) is 5.26 Å². The van der Waals surface area contributed by atoms with Gasteiger partial charge in [0, 0.05) is 43.1 Å². The Morgan fingerprint density at radius 3 is 2.90 bits per heavy atom. The van der Waals surface area contributed by atoms with E-state index in [0.29, 0.717) is 24.1 Å². The summed E-state index contributed by atoms with van der Waals surface area (Å²) in [7, 11) is 0. The van der Waals surface area contributed by atoms with Crippen molar-refractivity contribution in [2.45, 2.75) is 43.7 Å². The number of aryl methyl sites for hydroxylation is 1. The first-order valence-electron chi connectivity index (χ1n) is 9.78. The van der Waals surface area contributed by atoms with Crippen LogP contribution in [0.25, 0.3) is 0 Å². The van der Waals surface area contributed by atoms with Gasteiger partial charge in [-0.3, -0.25) is 4.68 Å². The molecule has 2 atom stereocenters. The van der Waals surface area contributed by atoms with Crippen LogP contribution in [0.1, 0.15) is 35.4 Å². The number of aliphatic hydroxyl groups excluding tert-OH is 1. The number of fused-ring (bicyclic) bond motifs is 3. The molecule has 0 bridgehead atoms. The number of halogens is 3. The third kappa shape index (κ3) is 4.09. The van der Waals surface area contributed by atoms with Gasteiger partial charge in [0.25, 0.3) is 5.92 Å². The fourth-order valence-corrected chi connectivity index (χ4v) is 4.39. The summed E-state index contributed by atoms with van der Waals surface area (Å²) in [5.74, 6) is -4.59. The predicted octanol–water partition coefficient (Wildman–Crippen LogP) is 3.23. The minimum atomic E-state index is -3.22. The second-order valence-corrected chi connectivity index (χ2v) is 8.31. The zero-order chi connectivity index (χ0) is 22.3. The lowest BCUT2D eigenvalue weighted by atomic mass is 9.95. The molecule has 7 nitrogen and oxygen atoms in total. The quantitative estimate of drug-likeness (QED) is 0.483. The first-order chi connectivity index (χ1) is 14.7. The molecule has 164 valence electrons. The van der Waals surface area contributed by atoms with Crippen molar-refractivity contribution in [2.24, 2.45) is 5.92 Å². The molecule has 11 heteroatoms. The van der Waals surface area contributed by atoms with Gasteiger partial charge in [0.15, 0.2) is 0 Å². The fourth-order valence-electron chi connectivity index (χ4n) is 4.13. The van der Waals surface area contributed by atoms with Gasteiger partial charge in [-0.15, -0.1) is 12.6 Å². The standard InChI is InChI=1S/C20H20F3N5O2S/c21-15-2-1-13(7-12(15)9-24)25-19(30)27-5-4-16-14(10-27)17-20(22,23)8-11(18(29)31)3-6-28(17)26-16/h1-2,7,11,18,29,31H,3-6,8,10H2,(H,25,30)/t11-,18-/m0/s1. The van der Waals surface area contributed by atoms with Crippen LogP contribution in [0.5, 0.6) is 0 Å². The number of aromatic nitrogens is 2. The number of rotatable bonds is 2. The van der Waals surface area contributed by atoms with Crippen LogP contribution in [0.4, 0.5) is 23.7 Å². The van der Waals surface area contributed by atoms with E-state index >= 15 is 8.78 Å². The van der Waals surface area contributed by atoms with Crippen molar-refractivity contribution in [1.29, 1.82) is 5.26 Å². The van der Waals surface area contributed by atoms with Gasteiger partial charge in [0.2, 0.25) is 0 Å². The monoisotopic (exact) mass is 451 g/mol. The highest BCUT2D eigenvalue weighted by atomic mass is 32.1. The van der Waals surface area contributed by atoms with Crippen molar-refractivity contribution >= 4 is 24.3 Å². The molecule has 0 spiro atoms. The first-order valence-corrected chi connectivity index (χ1v) is 10.3. The average molecular weight is 451 g/mol. The maximum absolute atomic E-state index is 15.1. The molecule has 0 radical (unpaired) electrons. The fraction of sp³-hybridized carbons (Fsp3) is 0.450. The summed E-state index contributed by atoms with van der Waals surface area (Å²) in [4.78, 5) is 14.1. The summed E-state index contributed by atoms with van der Waals surface area (Å²) < 4.78 is 45.0. The Kier molecular flexibility index (Phi) is 5.61. The van der Waals surface area contributed by atoms with Gasteiger partial charge >= 0.3 is 6.03 Å². The number of benzene rings is 1. The van der Waals surface area contributed by atoms with Crippen molar-refractivity contribution in [3.05, 3.63) is 46.5 Å². The molecule has 31 heavy (non-hydrogen) atoms. The lowest BCUT2D eigenvalue weighted by molar-refractivity contribution is -0.0413. The van der Waals surface area contributed by atoms with E-state index in [9.17, 15) is 14.3 Å². The highest BCUT2D eigenvalue weighted by Crippen LogP contribution is 2.43. The maximum atomic E-state index is 15.1. The van der Waals surface area contributed by atoms with E-state index in [1.165, 1.54) is 21.7 Å². The molecule has 4 rings (SSSR count). The molecule has 0 aliphatic carbocycles. The molecule has 0 saturated carbocycles. The minimum Gasteiger partial charge on any atom is -0.382 e. The van der Waals surface area contributed by atoms with E-state index in [1.807, 2.05) is 0 Å². The van der Waals surface area contributed by atoms with Gasteiger partial charge in [0.1, 0.15) is 17.6 Å². The van der Waals surface area contributed by atoms with Gasteiger partial charge in [0.05, 0.1) is 23.2 Å². The van der Waals surface area contributed by atoms with Gasteiger partial charge in [-0.25, -0.2) is 9.18 Å². The first kappa shape index (κ1) is 21.5. The minimum absolute atomic E-state index is 0.0491. The highest BCUT2D eigenvalue weighted by molar-refractivity contribution is 7.80. The van der Waals surface area contributed by atoms with Crippen molar-refractivity contribution in [3.8, 4) is 6.07 Å². The molecular formula is C20H20F3N5O2S. The number of alkyl halides is 2. The van der Waals surface area contributed by atoms with Crippen LogP contribution in [-0.2, 0) is 25.4 Å². The summed E-state index contributed by atoms with van der Waals surface area (Å²) in [5, 5.41) is 25.6. The van der Waals surface area contributed by atoms with Gasteiger partial charge in [-0.05, 0) is 24.6 Å². The Morgan fingerprint density at radius 1 is 1.42 bits per heavy atom. The van der Waals surface area contributed by atoms with Crippen LogP contribution in [0.2, 0.25) is 0 Å². The van der Waals surface area contributed by atoms with Crippen LogP contribution in [0, 0.1) is 23.1 Å². The van der Waals surface area contributed by atoms with Crippen LogP contribution in [0.3, 0.4) is 0 Å². The topological polar surface area (TPSA) is 94.2 Å². The molecule has 0 saturated heterocycles. The number of hydrogen-bond donors (Lipinski definition) is 3. The number of nitrogens with one attached hydrogen (secondary N) is 1. The molecular weight excluding hydrogens is 431 g/mol. The number of carbonyl (C=O) groups excluding carboxylic acids is 1. The van der Waals surface area contributed by atoms with Gasteiger partial charge in [-0.1, -0.05) is 0 Å². The summed E-state index contributed by atoms with van der Waals surface area (Å²) in [6, 6.07) is 4.78. The Morgan fingerprint density at radius 2 is 2.19 bits per heavy atom. The number of urea groups is 1. The normalized spacial score (nSPS) is 20.8. The van der Waals surface area contributed by atoms with E-state index in [2.05, 4.69) is 23.0 Å². The van der Waals surface area contributed by atoms with Crippen LogP contribution in [0.15, 0.2) is 18.2 Å². The second kappa shape index (κ2) is 8.09. The molecule has 2 aromatic rings. The largest absolute Gasteiger partial charge is 0.382 e. The Balaban J connectivity index is 1.56. The molecule has 2 aliphatic heterocycles. The Hall–Kier alpha value is -2.71.